The van der Waals surface area contributed by atoms with Crippen molar-refractivity contribution in [3.63, 3.8) is 0 Å². The van der Waals surface area contributed by atoms with E-state index < -0.39 is 0 Å². The first-order valence-corrected chi connectivity index (χ1v) is 15.5. The molecule has 0 amide bonds. The Labute approximate surface area is 263 Å². The molecule has 0 bridgehead atoms. The number of aromatic nitrogens is 5. The topological polar surface area (TPSA) is 48.5 Å². The molecule has 6 aromatic carbocycles. The predicted molar refractivity (Wildman–Crippen MR) is 189 cm³/mol. The molecule has 5 nitrogen and oxygen atoms in total. The Morgan fingerprint density at radius 1 is 0.435 bits per heavy atom. The Hall–Kier alpha value is -6.33. The van der Waals surface area contributed by atoms with Crippen LogP contribution in [-0.2, 0) is 0 Å². The lowest BCUT2D eigenvalue weighted by Gasteiger charge is -2.13. The Bertz CT molecular complexity index is 2790. The summed E-state index contributed by atoms with van der Waals surface area (Å²) in [5, 5.41) is 7.31. The van der Waals surface area contributed by atoms with Crippen molar-refractivity contribution in [1.82, 2.24) is 24.1 Å². The van der Waals surface area contributed by atoms with Crippen LogP contribution < -0.4 is 0 Å². The number of benzene rings is 6. The number of pyridine rings is 1. The van der Waals surface area contributed by atoms with Crippen molar-refractivity contribution in [3.8, 4) is 22.9 Å². The van der Waals surface area contributed by atoms with Gasteiger partial charge in [-0.1, -0.05) is 84.9 Å². The summed E-state index contributed by atoms with van der Waals surface area (Å²) < 4.78 is 4.67. The van der Waals surface area contributed by atoms with Crippen molar-refractivity contribution in [2.75, 3.05) is 0 Å². The first-order chi connectivity index (χ1) is 22.8. The van der Waals surface area contributed by atoms with E-state index in [4.69, 9.17) is 15.0 Å². The van der Waals surface area contributed by atoms with Gasteiger partial charge in [0, 0.05) is 33.4 Å². The quantitative estimate of drug-likeness (QED) is 0.207. The van der Waals surface area contributed by atoms with Gasteiger partial charge in [0.05, 0.1) is 38.8 Å². The van der Waals surface area contributed by atoms with Crippen LogP contribution in [0, 0.1) is 0 Å². The number of hydrogen-bond acceptors (Lipinski definition) is 3. The van der Waals surface area contributed by atoms with Crippen LogP contribution in [0.1, 0.15) is 0 Å². The van der Waals surface area contributed by atoms with E-state index in [1.165, 1.54) is 37.8 Å². The molecule has 5 heteroatoms. The van der Waals surface area contributed by atoms with Crippen LogP contribution in [-0.4, -0.2) is 24.1 Å². The van der Waals surface area contributed by atoms with Crippen molar-refractivity contribution in [3.05, 3.63) is 152 Å². The Kier molecular flexibility index (Phi) is 5.22. The third kappa shape index (κ3) is 3.54. The van der Waals surface area contributed by atoms with Gasteiger partial charge in [0.2, 0.25) is 0 Å². The smallest absolute Gasteiger partial charge is 0.166 e. The summed E-state index contributed by atoms with van der Waals surface area (Å²) in [6.45, 7) is 0. The molecule has 0 radical (unpaired) electrons. The van der Waals surface area contributed by atoms with Gasteiger partial charge in [-0.15, -0.1) is 0 Å². The molecule has 214 valence electrons. The average molecular weight is 588 g/mol. The van der Waals surface area contributed by atoms with Crippen LogP contribution in [0.25, 0.3) is 88.3 Å². The molecule has 0 unspecified atom stereocenters. The van der Waals surface area contributed by atoms with Crippen molar-refractivity contribution >= 4 is 65.4 Å². The largest absolute Gasteiger partial charge is 0.309 e. The maximum Gasteiger partial charge on any atom is 0.166 e. The molecule has 0 atom stereocenters. The van der Waals surface area contributed by atoms with Gasteiger partial charge in [0.1, 0.15) is 5.69 Å². The summed E-state index contributed by atoms with van der Waals surface area (Å²) in [4.78, 5) is 15.2. The molecular formula is C41H25N5. The molecule has 0 N–H and O–H groups in total. The van der Waals surface area contributed by atoms with E-state index in [0.29, 0.717) is 0 Å². The van der Waals surface area contributed by atoms with Crippen LogP contribution >= 0.6 is 0 Å². The van der Waals surface area contributed by atoms with Crippen molar-refractivity contribution in [1.29, 1.82) is 0 Å². The van der Waals surface area contributed by atoms with E-state index in [-0.39, 0.29) is 0 Å². The van der Waals surface area contributed by atoms with Gasteiger partial charge in [-0.3, -0.25) is 9.55 Å². The minimum atomic E-state index is 0.747. The lowest BCUT2D eigenvalue weighted by atomic mass is 10.0. The Balaban J connectivity index is 1.41. The average Bonchev–Trinajstić information content (AvgIpc) is 3.63. The zero-order valence-corrected chi connectivity index (χ0v) is 24.7. The lowest BCUT2D eigenvalue weighted by Crippen LogP contribution is -2.04. The molecule has 0 aliphatic rings. The highest BCUT2D eigenvalue weighted by Gasteiger charge is 2.22. The van der Waals surface area contributed by atoms with Crippen LogP contribution in [0.15, 0.2) is 152 Å². The molecule has 4 heterocycles. The molecular weight excluding hydrogens is 562 g/mol. The number of nitrogens with zero attached hydrogens (tertiary/aromatic N) is 5. The van der Waals surface area contributed by atoms with E-state index >= 15 is 0 Å². The molecule has 46 heavy (non-hydrogen) atoms. The third-order valence-electron chi connectivity index (χ3n) is 9.13. The summed E-state index contributed by atoms with van der Waals surface area (Å²) in [5.41, 5.74) is 8.81. The molecule has 0 saturated heterocycles. The standard InChI is InChI=1S/C41H25N5/c1-2-13-27(14-3-1)45-36-22-21-26-12-4-5-15-28(26)39(36)31-24-30-29-16-6-9-20-35(29)46(37(30)25-38(31)45)41-40(34-19-10-11-23-42-34)43-32-17-7-8-18-33(32)44-41/h1-25H. The molecule has 10 rings (SSSR count). The highest BCUT2D eigenvalue weighted by atomic mass is 15.1. The second kappa shape index (κ2) is 9.58. The van der Waals surface area contributed by atoms with Gasteiger partial charge in [0.25, 0.3) is 0 Å². The van der Waals surface area contributed by atoms with E-state index in [1.54, 1.807) is 0 Å². The van der Waals surface area contributed by atoms with E-state index in [0.717, 1.165) is 50.5 Å². The van der Waals surface area contributed by atoms with Gasteiger partial charge >= 0.3 is 0 Å². The van der Waals surface area contributed by atoms with Crippen molar-refractivity contribution in [2.45, 2.75) is 0 Å². The zero-order valence-electron chi connectivity index (χ0n) is 24.7. The van der Waals surface area contributed by atoms with Gasteiger partial charge in [-0.05, 0) is 71.4 Å². The fourth-order valence-electron chi connectivity index (χ4n) is 7.15. The molecule has 0 saturated carbocycles. The highest BCUT2D eigenvalue weighted by Crippen LogP contribution is 2.42. The Morgan fingerprint density at radius 3 is 2.00 bits per heavy atom. The lowest BCUT2D eigenvalue weighted by molar-refractivity contribution is 1.07. The van der Waals surface area contributed by atoms with Crippen LogP contribution in [0.2, 0.25) is 0 Å². The summed E-state index contributed by atoms with van der Waals surface area (Å²) >= 11 is 0. The van der Waals surface area contributed by atoms with E-state index in [9.17, 15) is 0 Å². The molecule has 0 spiro atoms. The maximum absolute atomic E-state index is 5.29. The molecule has 4 aromatic heterocycles. The summed E-state index contributed by atoms with van der Waals surface area (Å²) in [7, 11) is 0. The second-order valence-electron chi connectivity index (χ2n) is 11.7. The third-order valence-corrected chi connectivity index (χ3v) is 9.13. The number of hydrogen-bond donors (Lipinski definition) is 0. The highest BCUT2D eigenvalue weighted by molar-refractivity contribution is 6.25. The van der Waals surface area contributed by atoms with Crippen LogP contribution in [0.3, 0.4) is 0 Å². The van der Waals surface area contributed by atoms with Crippen molar-refractivity contribution < 1.29 is 0 Å². The minimum Gasteiger partial charge on any atom is -0.309 e. The zero-order chi connectivity index (χ0) is 30.2. The summed E-state index contributed by atoms with van der Waals surface area (Å²) in [6.07, 6.45) is 1.81. The van der Waals surface area contributed by atoms with Gasteiger partial charge in [-0.2, -0.15) is 0 Å². The summed E-state index contributed by atoms with van der Waals surface area (Å²) in [6, 6.07) is 51.1. The van der Waals surface area contributed by atoms with Crippen LogP contribution in [0.4, 0.5) is 0 Å². The molecule has 0 aliphatic heterocycles. The SMILES string of the molecule is c1ccc(-n2c3cc4c(cc3c3c5ccccc5ccc32)c2ccccc2n4-c2nc3ccccc3nc2-c2ccccn2)cc1. The minimum absolute atomic E-state index is 0.747. The fourth-order valence-corrected chi connectivity index (χ4v) is 7.15. The van der Waals surface area contributed by atoms with Gasteiger partial charge in [-0.25, -0.2) is 9.97 Å². The first-order valence-electron chi connectivity index (χ1n) is 15.5. The summed E-state index contributed by atoms with van der Waals surface area (Å²) in [5.74, 6) is 0.760. The molecule has 0 aliphatic carbocycles. The predicted octanol–water partition coefficient (Wildman–Crippen LogP) is 10.0. The second-order valence-corrected chi connectivity index (χ2v) is 11.7. The van der Waals surface area contributed by atoms with E-state index in [1.807, 2.05) is 48.7 Å². The first kappa shape index (κ1) is 25.0. The molecule has 10 aromatic rings. The number of para-hydroxylation sites is 4. The normalized spacial score (nSPS) is 11.9. The Morgan fingerprint density at radius 2 is 1.15 bits per heavy atom. The van der Waals surface area contributed by atoms with Crippen LogP contribution in [0.5, 0.6) is 0 Å². The maximum atomic E-state index is 5.29. The monoisotopic (exact) mass is 587 g/mol. The molecule has 0 fully saturated rings. The van der Waals surface area contributed by atoms with Gasteiger partial charge in [0.15, 0.2) is 5.82 Å². The number of rotatable bonds is 3. The number of fused-ring (bicyclic) bond motifs is 9. The van der Waals surface area contributed by atoms with Crippen molar-refractivity contribution in [2.24, 2.45) is 0 Å². The van der Waals surface area contributed by atoms with E-state index in [2.05, 4.69) is 112 Å². The van der Waals surface area contributed by atoms with Gasteiger partial charge < -0.3 is 4.57 Å². The fraction of sp³-hybridized carbons (Fsp3) is 0.